The van der Waals surface area contributed by atoms with Gasteiger partial charge in [-0.05, 0) is 73.0 Å². The quantitative estimate of drug-likeness (QED) is 0.441. The largest absolute Gasteiger partial charge is 0.465 e. The molecule has 1 N–H and O–H groups in total. The van der Waals surface area contributed by atoms with Crippen molar-refractivity contribution >= 4 is 6.09 Å². The fourth-order valence-corrected chi connectivity index (χ4v) is 4.39. The Morgan fingerprint density at radius 2 is 1.74 bits per heavy atom. The predicted octanol–water partition coefficient (Wildman–Crippen LogP) is 5.42. The van der Waals surface area contributed by atoms with E-state index in [2.05, 4.69) is 52.6 Å². The van der Waals surface area contributed by atoms with Crippen LogP contribution in [0.25, 0.3) is 0 Å². The van der Waals surface area contributed by atoms with E-state index in [9.17, 15) is 4.79 Å². The summed E-state index contributed by atoms with van der Waals surface area (Å²) in [7, 11) is 3.96. The summed E-state index contributed by atoms with van der Waals surface area (Å²) in [6, 6.07) is 0. The van der Waals surface area contributed by atoms with Crippen LogP contribution >= 0.6 is 0 Å². The first-order valence-corrected chi connectivity index (χ1v) is 12.2. The lowest BCUT2D eigenvalue weighted by molar-refractivity contribution is -0.00777. The van der Waals surface area contributed by atoms with Gasteiger partial charge in [-0.3, -0.25) is 0 Å². The van der Waals surface area contributed by atoms with Crippen molar-refractivity contribution in [1.29, 1.82) is 0 Å². The summed E-state index contributed by atoms with van der Waals surface area (Å²) in [4.78, 5) is 13.8. The topological polar surface area (TPSA) is 65.5 Å². The van der Waals surface area contributed by atoms with Gasteiger partial charge in [0, 0.05) is 26.1 Å². The fraction of sp³-hybridized carbons (Fsp3) is 0.880. The molecule has 4 unspecified atom stereocenters. The van der Waals surface area contributed by atoms with E-state index in [1.54, 1.807) is 0 Å². The molecule has 0 spiro atoms. The van der Waals surface area contributed by atoms with Gasteiger partial charge in [0.15, 0.2) is 0 Å². The Morgan fingerprint density at radius 3 is 2.16 bits per heavy atom. The van der Waals surface area contributed by atoms with Crippen LogP contribution in [0.1, 0.15) is 79.6 Å². The minimum absolute atomic E-state index is 0.0764. The molecule has 6 heteroatoms. The molecule has 4 atom stereocenters. The van der Waals surface area contributed by atoms with Crippen molar-refractivity contribution in [1.82, 2.24) is 9.80 Å². The van der Waals surface area contributed by atoms with Crippen molar-refractivity contribution in [3.8, 4) is 0 Å². The highest BCUT2D eigenvalue weighted by Gasteiger charge is 2.58. The molecule has 31 heavy (non-hydrogen) atoms. The maximum atomic E-state index is 10.1. The molecule has 1 saturated carbocycles. The number of allylic oxidation sites excluding steroid dienone is 1. The molecule has 0 aromatic rings. The van der Waals surface area contributed by atoms with Crippen LogP contribution in [0.5, 0.6) is 0 Å². The second kappa shape index (κ2) is 14.1. The summed E-state index contributed by atoms with van der Waals surface area (Å²) < 4.78 is 11.7. The van der Waals surface area contributed by atoms with Crippen LogP contribution in [0.3, 0.4) is 0 Å². The van der Waals surface area contributed by atoms with Crippen LogP contribution in [0.15, 0.2) is 11.6 Å². The van der Waals surface area contributed by atoms with Gasteiger partial charge in [0.1, 0.15) is 0 Å². The monoisotopic (exact) mass is 440 g/mol. The van der Waals surface area contributed by atoms with E-state index in [0.29, 0.717) is 18.1 Å². The number of rotatable bonds is 6. The summed E-state index contributed by atoms with van der Waals surface area (Å²) in [5.41, 5.74) is 1.46. The molecule has 6 nitrogen and oxygen atoms in total. The Labute approximate surface area is 191 Å². The predicted molar refractivity (Wildman–Crippen MR) is 128 cm³/mol. The molecule has 1 amide bonds. The summed E-state index contributed by atoms with van der Waals surface area (Å²) in [5, 5.41) is 8.34. The summed E-state index contributed by atoms with van der Waals surface area (Å²) in [6.45, 7) is 14.7. The van der Waals surface area contributed by atoms with Crippen molar-refractivity contribution in [2.45, 2.75) is 97.4 Å². The van der Waals surface area contributed by atoms with Gasteiger partial charge in [-0.15, -0.1) is 0 Å². The van der Waals surface area contributed by atoms with E-state index in [-0.39, 0.29) is 5.60 Å². The number of carboxylic acid groups (broad SMARTS) is 1. The maximum Gasteiger partial charge on any atom is 0.407 e. The van der Waals surface area contributed by atoms with Crippen LogP contribution in [0.2, 0.25) is 0 Å². The van der Waals surface area contributed by atoms with Gasteiger partial charge in [0.25, 0.3) is 0 Å². The SMILES string of the molecule is CCN(C)CC.COC1CCCCC1C1(C)OC1CC=C(C)C.O=C(O)N1CCCC1. The number of amides is 1. The number of methoxy groups -OCH3 is 1. The smallest absolute Gasteiger partial charge is 0.407 e. The van der Waals surface area contributed by atoms with Crippen LogP contribution in [0.4, 0.5) is 4.79 Å². The van der Waals surface area contributed by atoms with Crippen LogP contribution in [-0.2, 0) is 9.47 Å². The lowest BCUT2D eigenvalue weighted by Gasteiger charge is -2.33. The van der Waals surface area contributed by atoms with Crippen molar-refractivity contribution in [2.75, 3.05) is 40.3 Å². The molecule has 2 aliphatic heterocycles. The van der Waals surface area contributed by atoms with Crippen molar-refractivity contribution in [3.63, 3.8) is 0 Å². The molecule has 2 heterocycles. The van der Waals surface area contributed by atoms with Gasteiger partial charge >= 0.3 is 6.09 Å². The Kier molecular flexibility index (Phi) is 12.7. The summed E-state index contributed by atoms with van der Waals surface area (Å²) in [6.07, 6.45) is 10.6. The van der Waals surface area contributed by atoms with E-state index >= 15 is 0 Å². The van der Waals surface area contributed by atoms with Gasteiger partial charge in [0.2, 0.25) is 0 Å². The minimum Gasteiger partial charge on any atom is -0.465 e. The number of nitrogens with zero attached hydrogens (tertiary/aromatic N) is 2. The first kappa shape index (κ1) is 27.9. The van der Waals surface area contributed by atoms with E-state index < -0.39 is 6.09 Å². The molecule has 182 valence electrons. The molecule has 0 bridgehead atoms. The normalized spacial score (nSPS) is 29.4. The molecule has 2 saturated heterocycles. The average Bonchev–Trinajstić information content (AvgIpc) is 3.16. The van der Waals surface area contributed by atoms with E-state index in [0.717, 1.165) is 45.4 Å². The highest BCUT2D eigenvalue weighted by atomic mass is 16.6. The van der Waals surface area contributed by atoms with Gasteiger partial charge < -0.3 is 24.4 Å². The molecular formula is C25H48N2O4. The maximum absolute atomic E-state index is 10.1. The molecule has 3 aliphatic rings. The fourth-order valence-electron chi connectivity index (χ4n) is 4.39. The molecule has 0 aromatic carbocycles. The highest BCUT2D eigenvalue weighted by Crippen LogP contribution is 2.50. The number of carbonyl (C=O) groups is 1. The first-order valence-electron chi connectivity index (χ1n) is 12.2. The average molecular weight is 441 g/mol. The number of likely N-dealkylation sites (tertiary alicyclic amines) is 1. The molecule has 0 aromatic heterocycles. The molecule has 3 fully saturated rings. The molecule has 1 aliphatic carbocycles. The zero-order valence-electron chi connectivity index (χ0n) is 21.2. The number of hydrogen-bond acceptors (Lipinski definition) is 4. The first-order chi connectivity index (χ1) is 14.7. The lowest BCUT2D eigenvalue weighted by Crippen LogP contribution is -2.37. The van der Waals surface area contributed by atoms with E-state index in [1.807, 2.05) is 7.11 Å². The molecule has 3 rings (SSSR count). The zero-order chi connectivity index (χ0) is 23.4. The Bertz CT molecular complexity index is 540. The van der Waals surface area contributed by atoms with E-state index in [4.69, 9.17) is 14.6 Å². The third-order valence-electron chi connectivity index (χ3n) is 6.92. The summed E-state index contributed by atoms with van der Waals surface area (Å²) in [5.74, 6) is 0.594. The third-order valence-corrected chi connectivity index (χ3v) is 6.92. The Morgan fingerprint density at radius 1 is 1.16 bits per heavy atom. The number of epoxide rings is 1. The number of ether oxygens (including phenoxy) is 2. The van der Waals surface area contributed by atoms with Crippen molar-refractivity contribution < 1.29 is 19.4 Å². The van der Waals surface area contributed by atoms with Crippen molar-refractivity contribution in [2.24, 2.45) is 5.92 Å². The minimum atomic E-state index is -0.775. The lowest BCUT2D eigenvalue weighted by atomic mass is 9.76. The Balaban J connectivity index is 0.000000284. The standard InChI is InChI=1S/C15H26O2.C5H9NO2.C5H13N/c1-11(2)9-10-14-15(3,17-14)12-7-5-6-8-13(12)16-4;7-5(8)6-3-1-2-4-6;1-4-6(3)5-2/h9,12-14H,5-8,10H2,1-4H3;1-4H2,(H,7,8);4-5H2,1-3H3. The van der Waals surface area contributed by atoms with Crippen LogP contribution < -0.4 is 0 Å². The third kappa shape index (κ3) is 9.50. The van der Waals surface area contributed by atoms with Gasteiger partial charge in [-0.25, -0.2) is 4.79 Å². The van der Waals surface area contributed by atoms with E-state index in [1.165, 1.54) is 36.2 Å². The van der Waals surface area contributed by atoms with Crippen molar-refractivity contribution in [3.05, 3.63) is 11.6 Å². The number of hydrogen-bond donors (Lipinski definition) is 1. The van der Waals surface area contributed by atoms with Crippen LogP contribution in [0, 0.1) is 5.92 Å². The summed E-state index contributed by atoms with van der Waals surface area (Å²) >= 11 is 0. The van der Waals surface area contributed by atoms with Gasteiger partial charge in [-0.2, -0.15) is 0 Å². The van der Waals surface area contributed by atoms with Crippen LogP contribution in [-0.4, -0.2) is 79.1 Å². The zero-order valence-corrected chi connectivity index (χ0v) is 21.2. The molecule has 0 radical (unpaired) electrons. The second-order valence-corrected chi connectivity index (χ2v) is 9.44. The second-order valence-electron chi connectivity index (χ2n) is 9.44. The Hall–Kier alpha value is -1.11. The highest BCUT2D eigenvalue weighted by molar-refractivity contribution is 5.65. The van der Waals surface area contributed by atoms with Gasteiger partial charge in [-0.1, -0.05) is 38.3 Å². The van der Waals surface area contributed by atoms with Gasteiger partial charge in [0.05, 0.1) is 17.8 Å². The molecular weight excluding hydrogens is 392 g/mol.